The minimum absolute atomic E-state index is 0.270. The summed E-state index contributed by atoms with van der Waals surface area (Å²) in [6.45, 7) is 0. The molecule has 24 heavy (non-hydrogen) atoms. The molecule has 0 aliphatic heterocycles. The minimum atomic E-state index is -0.270. The Morgan fingerprint density at radius 3 is 2.00 bits per heavy atom. The third-order valence-corrected chi connectivity index (χ3v) is 3.72. The van der Waals surface area contributed by atoms with Gasteiger partial charge in [0.25, 0.3) is 0 Å². The number of halogens is 1. The van der Waals surface area contributed by atoms with E-state index < -0.39 is 0 Å². The summed E-state index contributed by atoms with van der Waals surface area (Å²) in [5.41, 5.74) is 4.14. The van der Waals surface area contributed by atoms with Crippen LogP contribution in [0.2, 0.25) is 0 Å². The van der Waals surface area contributed by atoms with E-state index in [4.69, 9.17) is 9.97 Å². The number of hydrogen-bond donors (Lipinski definition) is 1. The first-order valence-corrected chi connectivity index (χ1v) is 7.64. The van der Waals surface area contributed by atoms with Crippen LogP contribution in [0.1, 0.15) is 0 Å². The van der Waals surface area contributed by atoms with Crippen molar-refractivity contribution in [3.05, 3.63) is 84.7 Å². The lowest BCUT2D eigenvalue weighted by Crippen LogP contribution is -2.00. The van der Waals surface area contributed by atoms with Crippen LogP contribution in [0.4, 0.5) is 15.9 Å². The summed E-state index contributed by atoms with van der Waals surface area (Å²) >= 11 is 0. The smallest absolute Gasteiger partial charge is 0.157 e. The number of nitrogens with zero attached hydrogens (tertiary/aromatic N) is 2. The summed E-state index contributed by atoms with van der Waals surface area (Å²) in [4.78, 5) is 9.46. The lowest BCUT2D eigenvalue weighted by Gasteiger charge is -2.12. The van der Waals surface area contributed by atoms with Crippen LogP contribution in [-0.4, -0.2) is 9.97 Å². The second-order valence-corrected chi connectivity index (χ2v) is 5.41. The molecule has 0 radical (unpaired) electrons. The third-order valence-electron chi connectivity index (χ3n) is 3.72. The number of para-hydroxylation sites is 2. The number of aromatic nitrogens is 2. The monoisotopic (exact) mass is 315 g/mol. The van der Waals surface area contributed by atoms with Crippen LogP contribution < -0.4 is 5.32 Å². The van der Waals surface area contributed by atoms with E-state index in [-0.39, 0.29) is 5.82 Å². The summed E-state index contributed by atoms with van der Waals surface area (Å²) < 4.78 is 13.1. The summed E-state index contributed by atoms with van der Waals surface area (Å²) in [6, 6.07) is 23.8. The van der Waals surface area contributed by atoms with Gasteiger partial charge >= 0.3 is 0 Å². The molecule has 0 bridgehead atoms. The molecule has 0 saturated carbocycles. The first-order valence-electron chi connectivity index (χ1n) is 7.64. The molecule has 1 heterocycles. The highest BCUT2D eigenvalue weighted by Gasteiger charge is 2.11. The van der Waals surface area contributed by atoms with Crippen LogP contribution in [0.3, 0.4) is 0 Å². The van der Waals surface area contributed by atoms with E-state index in [9.17, 15) is 4.39 Å². The van der Waals surface area contributed by atoms with Crippen LogP contribution in [0, 0.1) is 5.82 Å². The zero-order chi connectivity index (χ0) is 16.4. The van der Waals surface area contributed by atoms with Gasteiger partial charge < -0.3 is 5.32 Å². The van der Waals surface area contributed by atoms with E-state index in [0.717, 1.165) is 28.0 Å². The first kappa shape index (κ1) is 14.3. The standard InChI is InChI=1S/C20H14FN3/c21-15-10-12-16(13-11-15)22-20-19(14-6-2-1-3-7-14)23-17-8-4-5-9-18(17)24-20/h1-13H,(H,22,24). The highest BCUT2D eigenvalue weighted by molar-refractivity contribution is 5.84. The van der Waals surface area contributed by atoms with E-state index >= 15 is 0 Å². The molecule has 116 valence electrons. The summed E-state index contributed by atoms with van der Waals surface area (Å²) in [7, 11) is 0. The van der Waals surface area contributed by atoms with Crippen LogP contribution >= 0.6 is 0 Å². The lowest BCUT2D eigenvalue weighted by atomic mass is 10.1. The topological polar surface area (TPSA) is 37.8 Å². The largest absolute Gasteiger partial charge is 0.338 e. The van der Waals surface area contributed by atoms with Crippen molar-refractivity contribution in [2.75, 3.05) is 5.32 Å². The van der Waals surface area contributed by atoms with Gasteiger partial charge in [-0.05, 0) is 36.4 Å². The molecule has 0 saturated heterocycles. The Kier molecular flexibility index (Phi) is 3.63. The predicted octanol–water partition coefficient (Wildman–Crippen LogP) is 5.18. The minimum Gasteiger partial charge on any atom is -0.338 e. The van der Waals surface area contributed by atoms with Gasteiger partial charge in [-0.3, -0.25) is 0 Å². The fourth-order valence-corrected chi connectivity index (χ4v) is 2.55. The van der Waals surface area contributed by atoms with Crippen molar-refractivity contribution in [2.45, 2.75) is 0 Å². The first-order chi connectivity index (χ1) is 11.8. The van der Waals surface area contributed by atoms with Gasteiger partial charge in [0.1, 0.15) is 11.5 Å². The van der Waals surface area contributed by atoms with Crippen molar-refractivity contribution in [2.24, 2.45) is 0 Å². The van der Waals surface area contributed by atoms with Crippen LogP contribution in [0.25, 0.3) is 22.3 Å². The Balaban J connectivity index is 1.86. The summed E-state index contributed by atoms with van der Waals surface area (Å²) in [5.74, 6) is 0.375. The molecule has 1 aromatic heterocycles. The van der Waals surface area contributed by atoms with E-state index in [1.54, 1.807) is 12.1 Å². The predicted molar refractivity (Wildman–Crippen MR) is 94.7 cm³/mol. The third kappa shape index (κ3) is 2.82. The molecule has 0 aliphatic carbocycles. The maximum absolute atomic E-state index is 13.1. The maximum atomic E-state index is 13.1. The molecule has 3 aromatic carbocycles. The van der Waals surface area contributed by atoms with Gasteiger partial charge in [0.2, 0.25) is 0 Å². The highest BCUT2D eigenvalue weighted by Crippen LogP contribution is 2.29. The Morgan fingerprint density at radius 2 is 1.29 bits per heavy atom. The Bertz CT molecular complexity index is 983. The summed E-state index contributed by atoms with van der Waals surface area (Å²) in [6.07, 6.45) is 0. The lowest BCUT2D eigenvalue weighted by molar-refractivity contribution is 0.628. The Morgan fingerprint density at radius 1 is 0.667 bits per heavy atom. The number of anilines is 2. The van der Waals surface area contributed by atoms with Gasteiger partial charge in [-0.1, -0.05) is 42.5 Å². The molecule has 0 unspecified atom stereocenters. The summed E-state index contributed by atoms with van der Waals surface area (Å²) in [5, 5.41) is 3.25. The molecular formula is C20H14FN3. The average Bonchev–Trinajstić information content (AvgIpc) is 2.64. The second-order valence-electron chi connectivity index (χ2n) is 5.41. The van der Waals surface area contributed by atoms with Crippen molar-refractivity contribution >= 4 is 22.5 Å². The fourth-order valence-electron chi connectivity index (χ4n) is 2.55. The number of benzene rings is 3. The van der Waals surface area contributed by atoms with E-state index in [1.807, 2.05) is 54.6 Å². The van der Waals surface area contributed by atoms with Crippen molar-refractivity contribution in [1.82, 2.24) is 9.97 Å². The normalized spacial score (nSPS) is 10.7. The van der Waals surface area contributed by atoms with Crippen molar-refractivity contribution in [3.8, 4) is 11.3 Å². The van der Waals surface area contributed by atoms with E-state index in [1.165, 1.54) is 12.1 Å². The van der Waals surface area contributed by atoms with Gasteiger partial charge in [-0.2, -0.15) is 0 Å². The van der Waals surface area contributed by atoms with Crippen molar-refractivity contribution in [1.29, 1.82) is 0 Å². The molecule has 4 aromatic rings. The van der Waals surface area contributed by atoms with Crippen LogP contribution in [0.5, 0.6) is 0 Å². The molecular weight excluding hydrogens is 301 g/mol. The van der Waals surface area contributed by atoms with Crippen molar-refractivity contribution < 1.29 is 4.39 Å². The molecule has 3 nitrogen and oxygen atoms in total. The number of nitrogens with one attached hydrogen (secondary N) is 1. The van der Waals surface area contributed by atoms with Gasteiger partial charge in [0, 0.05) is 11.3 Å². The SMILES string of the molecule is Fc1ccc(Nc2nc3ccccc3nc2-c2ccccc2)cc1. The molecule has 0 fully saturated rings. The zero-order valence-corrected chi connectivity index (χ0v) is 12.8. The van der Waals surface area contributed by atoms with Crippen LogP contribution in [-0.2, 0) is 0 Å². The number of rotatable bonds is 3. The zero-order valence-electron chi connectivity index (χ0n) is 12.8. The van der Waals surface area contributed by atoms with E-state index in [0.29, 0.717) is 5.82 Å². The Hall–Kier alpha value is -3.27. The van der Waals surface area contributed by atoms with Gasteiger partial charge in [0.05, 0.1) is 11.0 Å². The molecule has 0 spiro atoms. The van der Waals surface area contributed by atoms with E-state index in [2.05, 4.69) is 5.32 Å². The van der Waals surface area contributed by atoms with Crippen LogP contribution in [0.15, 0.2) is 78.9 Å². The number of fused-ring (bicyclic) bond motifs is 1. The van der Waals surface area contributed by atoms with Gasteiger partial charge in [-0.25, -0.2) is 14.4 Å². The molecule has 1 N–H and O–H groups in total. The fraction of sp³-hybridized carbons (Fsp3) is 0. The highest BCUT2D eigenvalue weighted by atomic mass is 19.1. The average molecular weight is 315 g/mol. The Labute approximate surface area is 138 Å². The second kappa shape index (κ2) is 6.08. The molecule has 0 atom stereocenters. The molecule has 0 amide bonds. The molecule has 4 rings (SSSR count). The molecule has 4 heteroatoms. The van der Waals surface area contributed by atoms with Gasteiger partial charge in [-0.15, -0.1) is 0 Å². The molecule has 0 aliphatic rings. The quantitative estimate of drug-likeness (QED) is 0.566. The maximum Gasteiger partial charge on any atom is 0.157 e. The van der Waals surface area contributed by atoms with Gasteiger partial charge in [0.15, 0.2) is 5.82 Å². The number of hydrogen-bond acceptors (Lipinski definition) is 3. The van der Waals surface area contributed by atoms with Crippen molar-refractivity contribution in [3.63, 3.8) is 0 Å².